The molecule has 29 heavy (non-hydrogen) atoms. The van der Waals surface area contributed by atoms with Gasteiger partial charge in [-0.2, -0.15) is 0 Å². The molecule has 4 rings (SSSR count). The van der Waals surface area contributed by atoms with Crippen LogP contribution in [-0.4, -0.2) is 40.1 Å². The predicted molar refractivity (Wildman–Crippen MR) is 109 cm³/mol. The van der Waals surface area contributed by atoms with Crippen molar-refractivity contribution >= 4 is 23.4 Å². The molecule has 1 amide bonds. The highest BCUT2D eigenvalue weighted by molar-refractivity contribution is 7.99. The van der Waals surface area contributed by atoms with Gasteiger partial charge in [-0.05, 0) is 24.3 Å². The zero-order chi connectivity index (χ0) is 20.2. The number of carbonyl (C=O) groups excluding carboxylic acids is 1. The van der Waals surface area contributed by atoms with Crippen LogP contribution in [0.2, 0.25) is 0 Å². The average Bonchev–Trinajstić information content (AvgIpc) is 3.12. The lowest BCUT2D eigenvalue weighted by Crippen LogP contribution is -2.24. The van der Waals surface area contributed by atoms with E-state index < -0.39 is 0 Å². The molecule has 1 aliphatic heterocycles. The fourth-order valence-corrected chi connectivity index (χ4v) is 3.66. The summed E-state index contributed by atoms with van der Waals surface area (Å²) >= 11 is 1.30. The summed E-state index contributed by atoms with van der Waals surface area (Å²) in [5.74, 6) is 2.68. The number of carbonyl (C=O) groups is 1. The monoisotopic (exact) mass is 412 g/mol. The minimum atomic E-state index is -0.362. The third-order valence-electron chi connectivity index (χ3n) is 4.38. The van der Waals surface area contributed by atoms with Crippen molar-refractivity contribution in [2.75, 3.05) is 24.8 Å². The van der Waals surface area contributed by atoms with Crippen LogP contribution in [0.1, 0.15) is 11.9 Å². The molecule has 0 saturated carbocycles. The number of nitrogens with zero attached hydrogens (tertiary/aromatic N) is 3. The van der Waals surface area contributed by atoms with Gasteiger partial charge in [0.05, 0.1) is 18.6 Å². The normalized spacial score (nSPS) is 15.0. The Hall–Kier alpha value is -3.20. The summed E-state index contributed by atoms with van der Waals surface area (Å²) in [4.78, 5) is 12.3. The van der Waals surface area contributed by atoms with Gasteiger partial charge in [0.2, 0.25) is 5.91 Å². The van der Waals surface area contributed by atoms with Gasteiger partial charge in [0.1, 0.15) is 12.4 Å². The molecule has 2 aromatic carbocycles. The summed E-state index contributed by atoms with van der Waals surface area (Å²) in [6, 6.07) is 14.8. The summed E-state index contributed by atoms with van der Waals surface area (Å²) in [5.41, 5.74) is 0.630. The van der Waals surface area contributed by atoms with E-state index in [1.165, 1.54) is 11.8 Å². The lowest BCUT2D eigenvalue weighted by Gasteiger charge is -2.25. The zero-order valence-electron chi connectivity index (χ0n) is 16.0. The Kier molecular flexibility index (Phi) is 5.57. The molecule has 150 valence electrons. The van der Waals surface area contributed by atoms with Crippen molar-refractivity contribution in [2.24, 2.45) is 7.05 Å². The molecule has 3 aromatic rings. The van der Waals surface area contributed by atoms with E-state index in [0.29, 0.717) is 40.5 Å². The molecule has 0 fully saturated rings. The fourth-order valence-electron chi connectivity index (χ4n) is 2.94. The van der Waals surface area contributed by atoms with Crippen LogP contribution in [0.15, 0.2) is 53.7 Å². The molecule has 9 heteroatoms. The van der Waals surface area contributed by atoms with E-state index in [4.69, 9.17) is 14.2 Å². The largest absolute Gasteiger partial charge is 0.495 e. The molecule has 0 radical (unpaired) electrons. The average molecular weight is 412 g/mol. The number of rotatable bonds is 6. The maximum atomic E-state index is 12.3. The molecule has 8 nitrogen and oxygen atoms in total. The van der Waals surface area contributed by atoms with Crippen molar-refractivity contribution in [1.82, 2.24) is 14.8 Å². The number of aromatic nitrogens is 3. The van der Waals surface area contributed by atoms with E-state index in [9.17, 15) is 4.79 Å². The number of hydrogen-bond donors (Lipinski definition) is 1. The van der Waals surface area contributed by atoms with Crippen molar-refractivity contribution in [3.8, 4) is 17.2 Å². The van der Waals surface area contributed by atoms with E-state index in [1.807, 2.05) is 48.0 Å². The SMILES string of the molecule is COc1ccccc1NC(=O)CSc1nnc(C2COc3ccccc3O2)n1C. The van der Waals surface area contributed by atoms with Crippen molar-refractivity contribution in [2.45, 2.75) is 11.3 Å². The Morgan fingerprint density at radius 1 is 1.21 bits per heavy atom. The van der Waals surface area contributed by atoms with Crippen LogP contribution in [0.5, 0.6) is 17.2 Å². The Bertz CT molecular complexity index is 1020. The van der Waals surface area contributed by atoms with E-state index >= 15 is 0 Å². The van der Waals surface area contributed by atoms with E-state index in [2.05, 4.69) is 15.5 Å². The minimum Gasteiger partial charge on any atom is -0.495 e. The minimum absolute atomic E-state index is 0.157. The van der Waals surface area contributed by atoms with E-state index in [-0.39, 0.29) is 17.8 Å². The summed E-state index contributed by atoms with van der Waals surface area (Å²) < 4.78 is 18.8. The van der Waals surface area contributed by atoms with Crippen molar-refractivity contribution < 1.29 is 19.0 Å². The van der Waals surface area contributed by atoms with Gasteiger partial charge in [0.25, 0.3) is 0 Å². The smallest absolute Gasteiger partial charge is 0.234 e. The summed E-state index contributed by atoms with van der Waals surface area (Å²) in [6.45, 7) is 0.349. The molecular formula is C20H20N4O4S. The standard InChI is InChI=1S/C20H20N4O4S/c1-24-19(17-11-27-15-9-5-6-10-16(15)28-17)22-23-20(24)29-12-18(25)21-13-7-3-4-8-14(13)26-2/h3-10,17H,11-12H2,1-2H3,(H,21,25). The molecule has 1 unspecified atom stereocenters. The molecule has 1 aliphatic rings. The number of para-hydroxylation sites is 4. The van der Waals surface area contributed by atoms with E-state index in [1.54, 1.807) is 19.2 Å². The van der Waals surface area contributed by atoms with Crippen LogP contribution in [0.25, 0.3) is 0 Å². The molecule has 1 N–H and O–H groups in total. The molecule has 1 atom stereocenters. The van der Waals surface area contributed by atoms with Crippen LogP contribution in [0.4, 0.5) is 5.69 Å². The van der Waals surface area contributed by atoms with Crippen LogP contribution in [0, 0.1) is 0 Å². The first-order valence-corrected chi connectivity index (χ1v) is 9.97. The summed E-state index contributed by atoms with van der Waals surface area (Å²) in [7, 11) is 3.41. The first kappa shape index (κ1) is 19.1. The fraction of sp³-hybridized carbons (Fsp3) is 0.250. The number of amides is 1. The first-order valence-electron chi connectivity index (χ1n) is 8.99. The molecule has 0 spiro atoms. The summed E-state index contributed by atoms with van der Waals surface area (Å²) in [6.07, 6.45) is -0.362. The third-order valence-corrected chi connectivity index (χ3v) is 5.40. The second-order valence-corrected chi connectivity index (χ2v) is 7.24. The Morgan fingerprint density at radius 3 is 2.79 bits per heavy atom. The Labute approximate surface area is 172 Å². The Morgan fingerprint density at radius 2 is 1.97 bits per heavy atom. The maximum Gasteiger partial charge on any atom is 0.234 e. The lowest BCUT2D eigenvalue weighted by molar-refractivity contribution is -0.113. The third kappa shape index (κ3) is 4.14. The highest BCUT2D eigenvalue weighted by Gasteiger charge is 2.27. The number of fused-ring (bicyclic) bond motifs is 1. The van der Waals surface area contributed by atoms with E-state index in [0.717, 1.165) is 0 Å². The van der Waals surface area contributed by atoms with Crippen molar-refractivity contribution in [1.29, 1.82) is 0 Å². The topological polar surface area (TPSA) is 87.5 Å². The molecule has 0 bridgehead atoms. The van der Waals surface area contributed by atoms with Gasteiger partial charge in [-0.3, -0.25) is 4.79 Å². The quantitative estimate of drug-likeness (QED) is 0.623. The van der Waals surface area contributed by atoms with Crippen molar-refractivity contribution in [3.05, 3.63) is 54.4 Å². The number of anilines is 1. The van der Waals surface area contributed by atoms with Gasteiger partial charge in [-0.15, -0.1) is 10.2 Å². The molecule has 0 aliphatic carbocycles. The highest BCUT2D eigenvalue weighted by Crippen LogP contribution is 2.35. The van der Waals surface area contributed by atoms with Crippen molar-refractivity contribution in [3.63, 3.8) is 0 Å². The van der Waals surface area contributed by atoms with Gasteiger partial charge in [0, 0.05) is 7.05 Å². The second-order valence-electron chi connectivity index (χ2n) is 6.30. The highest BCUT2D eigenvalue weighted by atomic mass is 32.2. The van der Waals surface area contributed by atoms with Gasteiger partial charge in [-0.1, -0.05) is 36.0 Å². The number of ether oxygens (including phenoxy) is 3. The second kappa shape index (κ2) is 8.44. The molecule has 1 aromatic heterocycles. The molecule has 2 heterocycles. The van der Waals surface area contributed by atoms with Gasteiger partial charge >= 0.3 is 0 Å². The number of methoxy groups -OCH3 is 1. The number of hydrogen-bond acceptors (Lipinski definition) is 7. The van der Waals surface area contributed by atoms with Gasteiger partial charge in [0.15, 0.2) is 28.6 Å². The summed E-state index contributed by atoms with van der Waals surface area (Å²) in [5, 5.41) is 11.9. The predicted octanol–water partition coefficient (Wildman–Crippen LogP) is 3.07. The maximum absolute atomic E-state index is 12.3. The molecule has 0 saturated heterocycles. The van der Waals surface area contributed by atoms with Gasteiger partial charge in [-0.25, -0.2) is 0 Å². The number of thioether (sulfide) groups is 1. The van der Waals surface area contributed by atoms with Crippen LogP contribution in [-0.2, 0) is 11.8 Å². The van der Waals surface area contributed by atoms with Crippen LogP contribution >= 0.6 is 11.8 Å². The number of nitrogens with one attached hydrogen (secondary N) is 1. The van der Waals surface area contributed by atoms with Crippen LogP contribution < -0.4 is 19.5 Å². The molecular weight excluding hydrogens is 392 g/mol. The lowest BCUT2D eigenvalue weighted by atomic mass is 10.2. The van der Waals surface area contributed by atoms with Crippen LogP contribution in [0.3, 0.4) is 0 Å². The zero-order valence-corrected chi connectivity index (χ0v) is 16.8. The van der Waals surface area contributed by atoms with Gasteiger partial charge < -0.3 is 24.1 Å². The number of benzene rings is 2. The first-order chi connectivity index (χ1) is 14.2. The Balaban J connectivity index is 1.39.